The van der Waals surface area contributed by atoms with Gasteiger partial charge in [-0.25, -0.2) is 0 Å². The summed E-state index contributed by atoms with van der Waals surface area (Å²) in [5.74, 6) is 0.119. The maximum absolute atomic E-state index is 7.17. The number of oxazole rings is 1. The van der Waals surface area contributed by atoms with Crippen LogP contribution in [0, 0.1) is 5.41 Å². The van der Waals surface area contributed by atoms with Crippen molar-refractivity contribution in [2.45, 2.75) is 25.7 Å². The second-order valence-corrected chi connectivity index (χ2v) is 3.87. The summed E-state index contributed by atoms with van der Waals surface area (Å²) in [4.78, 5) is 6.46. The van der Waals surface area contributed by atoms with Crippen molar-refractivity contribution in [2.75, 3.05) is 18.0 Å². The molecule has 0 radical (unpaired) electrons. The number of nitrogens with one attached hydrogen (secondary N) is 1. The lowest BCUT2D eigenvalue weighted by Gasteiger charge is -2.24. The van der Waals surface area contributed by atoms with Crippen LogP contribution in [0.5, 0.6) is 0 Å². The summed E-state index contributed by atoms with van der Waals surface area (Å²) in [5, 5.41) is 7.17. The summed E-state index contributed by atoms with van der Waals surface area (Å²) in [6.45, 7) is 2.03. The van der Waals surface area contributed by atoms with Gasteiger partial charge in [0.2, 0.25) is 0 Å². The number of hydrogen-bond acceptors (Lipinski definition) is 4. The van der Waals surface area contributed by atoms with Crippen molar-refractivity contribution in [1.29, 1.82) is 5.41 Å². The Morgan fingerprint density at radius 2 is 2.20 bits per heavy atom. The van der Waals surface area contributed by atoms with Gasteiger partial charge in [0.05, 0.1) is 18.0 Å². The smallest absolute Gasteiger partial charge is 0.297 e. The van der Waals surface area contributed by atoms with Gasteiger partial charge in [0.1, 0.15) is 6.26 Å². The summed E-state index contributed by atoms with van der Waals surface area (Å²) >= 11 is 0. The van der Waals surface area contributed by atoms with E-state index in [-0.39, 0.29) is 5.84 Å². The second kappa shape index (κ2) is 4.33. The van der Waals surface area contributed by atoms with Crippen molar-refractivity contribution in [3.63, 3.8) is 0 Å². The Labute approximate surface area is 88.8 Å². The van der Waals surface area contributed by atoms with Crippen molar-refractivity contribution in [3.8, 4) is 0 Å². The first-order valence-electron chi connectivity index (χ1n) is 5.28. The number of hydrogen-bond donors (Lipinski definition) is 2. The number of rotatable bonds is 3. The third-order valence-corrected chi connectivity index (χ3v) is 2.54. The minimum Gasteiger partial charge on any atom is -0.432 e. The maximum atomic E-state index is 7.17. The predicted octanol–water partition coefficient (Wildman–Crippen LogP) is 1.14. The van der Waals surface area contributed by atoms with E-state index < -0.39 is 0 Å². The Bertz CT molecular complexity index is 341. The minimum absolute atomic E-state index is 0.119. The zero-order chi connectivity index (χ0) is 10.7. The largest absolute Gasteiger partial charge is 0.432 e. The van der Waals surface area contributed by atoms with Gasteiger partial charge in [-0.1, -0.05) is 0 Å². The van der Waals surface area contributed by atoms with Gasteiger partial charge in [0, 0.05) is 13.1 Å². The molecule has 3 N–H and O–H groups in total. The van der Waals surface area contributed by atoms with Crippen molar-refractivity contribution in [2.24, 2.45) is 5.73 Å². The highest BCUT2D eigenvalue weighted by atomic mass is 16.4. The normalized spacial score (nSPS) is 16.7. The Morgan fingerprint density at radius 1 is 1.47 bits per heavy atom. The Kier molecular flexibility index (Phi) is 2.89. The minimum atomic E-state index is 0.119. The molecule has 0 amide bonds. The van der Waals surface area contributed by atoms with E-state index in [0.717, 1.165) is 18.8 Å². The summed E-state index contributed by atoms with van der Waals surface area (Å²) in [5.41, 5.74) is 6.04. The van der Waals surface area contributed by atoms with Crippen LogP contribution in [-0.4, -0.2) is 23.9 Å². The van der Waals surface area contributed by atoms with Crippen LogP contribution >= 0.6 is 0 Å². The molecule has 2 rings (SSSR count). The first-order chi connectivity index (χ1) is 7.25. The zero-order valence-electron chi connectivity index (χ0n) is 8.70. The lowest BCUT2D eigenvalue weighted by Crippen LogP contribution is -2.29. The Morgan fingerprint density at radius 3 is 2.87 bits per heavy atom. The van der Waals surface area contributed by atoms with E-state index in [1.165, 1.54) is 19.3 Å². The third kappa shape index (κ3) is 2.49. The van der Waals surface area contributed by atoms with Gasteiger partial charge in [0.25, 0.3) is 6.01 Å². The summed E-state index contributed by atoms with van der Waals surface area (Å²) in [6.07, 6.45) is 5.65. The van der Waals surface area contributed by atoms with Crippen molar-refractivity contribution < 1.29 is 4.42 Å². The third-order valence-electron chi connectivity index (χ3n) is 2.54. The van der Waals surface area contributed by atoms with Crippen LogP contribution in [0.2, 0.25) is 0 Å². The van der Waals surface area contributed by atoms with Gasteiger partial charge in [-0.15, -0.1) is 0 Å². The molecule has 0 saturated carbocycles. The number of nitrogens with zero attached hydrogens (tertiary/aromatic N) is 2. The fraction of sp³-hybridized carbons (Fsp3) is 0.600. The monoisotopic (exact) mass is 208 g/mol. The molecule has 1 fully saturated rings. The molecule has 0 aromatic carbocycles. The van der Waals surface area contributed by atoms with Gasteiger partial charge >= 0.3 is 0 Å². The van der Waals surface area contributed by atoms with Gasteiger partial charge in [-0.2, -0.15) is 4.98 Å². The highest BCUT2D eigenvalue weighted by Crippen LogP contribution is 2.18. The lowest BCUT2D eigenvalue weighted by molar-refractivity contribution is 0.491. The molecular formula is C10H16N4O. The average molecular weight is 208 g/mol. The lowest BCUT2D eigenvalue weighted by atomic mass is 10.1. The fourth-order valence-corrected chi connectivity index (χ4v) is 1.80. The summed E-state index contributed by atoms with van der Waals surface area (Å²) < 4.78 is 5.37. The molecule has 1 saturated heterocycles. The molecule has 1 aromatic rings. The quantitative estimate of drug-likeness (QED) is 0.576. The van der Waals surface area contributed by atoms with Crippen LogP contribution in [-0.2, 0) is 6.42 Å². The number of amidine groups is 1. The molecule has 0 atom stereocenters. The molecule has 1 aliphatic rings. The molecule has 2 heterocycles. The fourth-order valence-electron chi connectivity index (χ4n) is 1.80. The van der Waals surface area contributed by atoms with E-state index in [4.69, 9.17) is 15.6 Å². The molecular weight excluding hydrogens is 192 g/mol. The van der Waals surface area contributed by atoms with Crippen molar-refractivity contribution >= 4 is 11.9 Å². The first kappa shape index (κ1) is 10.0. The molecule has 5 nitrogen and oxygen atoms in total. The first-order valence-corrected chi connectivity index (χ1v) is 5.28. The standard InChI is InChI=1S/C10H16N4O/c11-9(12)6-8-7-15-10(13-8)14-4-2-1-3-5-14/h7H,1-6H2,(H3,11,12). The van der Waals surface area contributed by atoms with Crippen LogP contribution in [0.3, 0.4) is 0 Å². The molecule has 0 unspecified atom stereocenters. The van der Waals surface area contributed by atoms with E-state index in [9.17, 15) is 0 Å². The van der Waals surface area contributed by atoms with Crippen molar-refractivity contribution in [1.82, 2.24) is 4.98 Å². The summed E-state index contributed by atoms with van der Waals surface area (Å²) in [6, 6.07) is 0.672. The van der Waals surface area contributed by atoms with E-state index in [1.54, 1.807) is 6.26 Å². The molecule has 82 valence electrons. The molecule has 0 aliphatic carbocycles. The molecule has 1 aliphatic heterocycles. The van der Waals surface area contributed by atoms with Crippen LogP contribution < -0.4 is 10.6 Å². The average Bonchev–Trinajstić information content (AvgIpc) is 2.67. The van der Waals surface area contributed by atoms with Gasteiger partial charge in [-0.05, 0) is 19.3 Å². The van der Waals surface area contributed by atoms with Gasteiger partial charge < -0.3 is 15.1 Å². The maximum Gasteiger partial charge on any atom is 0.297 e. The van der Waals surface area contributed by atoms with Crippen LogP contribution in [0.15, 0.2) is 10.7 Å². The van der Waals surface area contributed by atoms with E-state index in [2.05, 4.69) is 9.88 Å². The number of aromatic nitrogens is 1. The van der Waals surface area contributed by atoms with Crippen LogP contribution in [0.4, 0.5) is 6.01 Å². The number of nitrogens with two attached hydrogens (primary N) is 1. The number of piperidine rings is 1. The number of anilines is 1. The Balaban J connectivity index is 2.02. The van der Waals surface area contributed by atoms with E-state index in [0.29, 0.717) is 12.4 Å². The van der Waals surface area contributed by atoms with E-state index >= 15 is 0 Å². The van der Waals surface area contributed by atoms with Crippen LogP contribution in [0.1, 0.15) is 25.0 Å². The summed E-state index contributed by atoms with van der Waals surface area (Å²) in [7, 11) is 0. The highest BCUT2D eigenvalue weighted by molar-refractivity contribution is 5.78. The van der Waals surface area contributed by atoms with Crippen molar-refractivity contribution in [3.05, 3.63) is 12.0 Å². The van der Waals surface area contributed by atoms with Gasteiger partial charge in [-0.3, -0.25) is 5.41 Å². The van der Waals surface area contributed by atoms with Crippen LogP contribution in [0.25, 0.3) is 0 Å². The van der Waals surface area contributed by atoms with Gasteiger partial charge in [0.15, 0.2) is 0 Å². The molecule has 15 heavy (non-hydrogen) atoms. The molecule has 0 spiro atoms. The van der Waals surface area contributed by atoms with E-state index in [1.807, 2.05) is 0 Å². The predicted molar refractivity (Wildman–Crippen MR) is 58.2 cm³/mol. The SMILES string of the molecule is N=C(N)Cc1coc(N2CCCCC2)n1. The highest BCUT2D eigenvalue weighted by Gasteiger charge is 2.15. The topological polar surface area (TPSA) is 79.1 Å². The molecule has 0 bridgehead atoms. The zero-order valence-corrected chi connectivity index (χ0v) is 8.70. The molecule has 5 heteroatoms. The Hall–Kier alpha value is -1.52. The second-order valence-electron chi connectivity index (χ2n) is 3.87. The molecule has 1 aromatic heterocycles.